The number of aryl methyl sites for hydroxylation is 2. The molecule has 1 unspecified atom stereocenters. The van der Waals surface area contributed by atoms with Crippen LogP contribution in [0.2, 0.25) is 0 Å². The van der Waals surface area contributed by atoms with Crippen molar-refractivity contribution in [2.75, 3.05) is 0 Å². The van der Waals surface area contributed by atoms with Crippen LogP contribution in [0.3, 0.4) is 0 Å². The molecule has 0 aliphatic rings. The molecule has 3 nitrogen and oxygen atoms in total. The third kappa shape index (κ3) is 3.38. The van der Waals surface area contributed by atoms with Crippen LogP contribution in [0.5, 0.6) is 0 Å². The van der Waals surface area contributed by atoms with E-state index < -0.39 is 12.7 Å². The molecule has 0 saturated heterocycles. The summed E-state index contributed by atoms with van der Waals surface area (Å²) in [7, 11) is 1.73. The van der Waals surface area contributed by atoms with Crippen molar-refractivity contribution in [1.29, 1.82) is 0 Å². The number of hydrogen-bond donors (Lipinski definition) is 0. The topological polar surface area (TPSA) is 21.4 Å². The summed E-state index contributed by atoms with van der Waals surface area (Å²) in [4.78, 5) is 3.76. The molecule has 0 fully saturated rings. The van der Waals surface area contributed by atoms with Crippen molar-refractivity contribution in [3.63, 3.8) is 0 Å². The molecule has 0 N–H and O–H groups in total. The van der Waals surface area contributed by atoms with Crippen LogP contribution in [0.4, 0.5) is 5.69 Å². The maximum atomic E-state index is 9.17. The molecule has 168 valence electrons. The Kier molecular flexibility index (Phi) is 3.80. The first-order valence-corrected chi connectivity index (χ1v) is 11.1. The van der Waals surface area contributed by atoms with Crippen molar-refractivity contribution in [1.82, 2.24) is 0 Å². The zero-order valence-electron chi connectivity index (χ0n) is 25.9. The van der Waals surface area contributed by atoms with Gasteiger partial charge in [0.15, 0.2) is 11.4 Å². The fourth-order valence-electron chi connectivity index (χ4n) is 4.46. The number of benzene rings is 3. The minimum absolute atomic E-state index is 0.136. The highest BCUT2D eigenvalue weighted by Gasteiger charge is 2.24. The molecule has 0 aliphatic heterocycles. The monoisotopic (exact) mass is 451 g/mol. The van der Waals surface area contributed by atoms with Gasteiger partial charge in [-0.1, -0.05) is 67.9 Å². The molecule has 2 heterocycles. The molecule has 0 amide bonds. The smallest absolute Gasteiger partial charge is 0.216 e. The lowest BCUT2D eigenvalue weighted by atomic mass is 9.95. The van der Waals surface area contributed by atoms with Gasteiger partial charge in [-0.2, -0.15) is 4.57 Å². The normalized spacial score (nSPS) is 16.1. The van der Waals surface area contributed by atoms with Crippen LogP contribution in [0, 0.1) is 27.3 Å². The number of furan rings is 1. The fraction of sp³-hybridized carbons (Fsp3) is 0.226. The van der Waals surface area contributed by atoms with Crippen molar-refractivity contribution in [3.8, 4) is 22.4 Å². The van der Waals surface area contributed by atoms with Gasteiger partial charge < -0.3 is 4.42 Å². The van der Waals surface area contributed by atoms with Crippen molar-refractivity contribution >= 4 is 27.6 Å². The summed E-state index contributed by atoms with van der Waals surface area (Å²) >= 11 is 0. The van der Waals surface area contributed by atoms with Gasteiger partial charge in [-0.15, -0.1) is 0 Å². The SMILES string of the molecule is [2H]c1c(C([2H])(C)C([2H])([2H])[2H])c([2H])c(-c2c(C)ccc3c2oc2c(-c4ccc(C)cc4)c([N+]#[C-])ccc23)[n+](C)c1C. The molecule has 34 heavy (non-hydrogen) atoms. The van der Waals surface area contributed by atoms with Crippen LogP contribution >= 0.6 is 0 Å². The first-order valence-electron chi connectivity index (χ1n) is 14.1. The maximum absolute atomic E-state index is 9.17. The second kappa shape index (κ2) is 8.15. The van der Waals surface area contributed by atoms with Crippen molar-refractivity contribution in [2.24, 2.45) is 7.05 Å². The van der Waals surface area contributed by atoms with E-state index in [0.717, 1.165) is 27.5 Å². The molecular formula is C31H29N2O+. The minimum Gasteiger partial charge on any atom is -0.456 e. The van der Waals surface area contributed by atoms with E-state index >= 15 is 0 Å². The predicted octanol–water partition coefficient (Wildman–Crippen LogP) is 8.34. The quantitative estimate of drug-likeness (QED) is 0.199. The van der Waals surface area contributed by atoms with Gasteiger partial charge >= 0.3 is 0 Å². The molecule has 0 spiro atoms. The van der Waals surface area contributed by atoms with E-state index in [-0.39, 0.29) is 17.6 Å². The molecule has 0 bridgehead atoms. The summed E-state index contributed by atoms with van der Waals surface area (Å²) < 4.78 is 58.9. The standard InChI is InChI=1S/C31H29N2O/c1-18(2)23-16-21(5)33(7)27(17-23)28-20(4)10-13-24-25-14-15-26(32-6)29(31(25)34-30(24)28)22-11-8-19(3)9-12-22/h8-18H,1-5,7H3/q+1/i1D3,16D,17D,18D. The number of rotatable bonds is 3. The second-order valence-corrected chi connectivity index (χ2v) is 8.79. The molecule has 5 rings (SSSR count). The van der Waals surface area contributed by atoms with Gasteiger partial charge in [0.05, 0.1) is 14.9 Å². The summed E-state index contributed by atoms with van der Waals surface area (Å²) in [6.07, 6.45) is 0. The van der Waals surface area contributed by atoms with Gasteiger partial charge in [-0.3, -0.25) is 0 Å². The van der Waals surface area contributed by atoms with Gasteiger partial charge in [0.1, 0.15) is 18.2 Å². The summed E-state index contributed by atoms with van der Waals surface area (Å²) in [5.74, 6) is -2.17. The van der Waals surface area contributed by atoms with E-state index in [9.17, 15) is 1.37 Å². The Morgan fingerprint density at radius 2 is 1.65 bits per heavy atom. The average molecular weight is 452 g/mol. The van der Waals surface area contributed by atoms with Crippen molar-refractivity contribution < 1.29 is 17.2 Å². The molecule has 5 aromatic rings. The molecular weight excluding hydrogens is 416 g/mol. The minimum atomic E-state index is -2.75. The lowest BCUT2D eigenvalue weighted by Gasteiger charge is -2.11. The number of aromatic nitrogens is 1. The lowest BCUT2D eigenvalue weighted by Crippen LogP contribution is -2.35. The molecule has 3 aromatic carbocycles. The number of pyridine rings is 1. The number of nitrogens with zero attached hydrogens (tertiary/aromatic N) is 2. The Bertz CT molecular complexity index is 1880. The van der Waals surface area contributed by atoms with E-state index in [2.05, 4.69) is 4.85 Å². The van der Waals surface area contributed by atoms with Gasteiger partial charge in [-0.25, -0.2) is 4.85 Å². The summed E-state index contributed by atoms with van der Waals surface area (Å²) in [6.45, 7) is 11.9. The highest BCUT2D eigenvalue weighted by molar-refractivity contribution is 6.15. The zero-order chi connectivity index (χ0) is 29.3. The highest BCUT2D eigenvalue weighted by Crippen LogP contribution is 2.44. The van der Waals surface area contributed by atoms with E-state index in [1.807, 2.05) is 56.3 Å². The fourth-order valence-corrected chi connectivity index (χ4v) is 4.46. The van der Waals surface area contributed by atoms with Crippen molar-refractivity contribution in [3.05, 3.63) is 94.4 Å². The zero-order valence-corrected chi connectivity index (χ0v) is 19.9. The van der Waals surface area contributed by atoms with Crippen LogP contribution in [-0.2, 0) is 7.05 Å². The Hall–Kier alpha value is -3.90. The Morgan fingerprint density at radius 1 is 0.971 bits per heavy atom. The van der Waals surface area contributed by atoms with Crippen LogP contribution in [0.25, 0.3) is 49.2 Å². The summed E-state index contributed by atoms with van der Waals surface area (Å²) in [5.41, 5.74) is 6.18. The number of fused-ring (bicyclic) bond motifs is 3. The summed E-state index contributed by atoms with van der Waals surface area (Å²) in [5, 5.41) is 1.61. The Labute approximate surface area is 209 Å². The van der Waals surface area contributed by atoms with Gasteiger partial charge in [0.2, 0.25) is 5.69 Å². The van der Waals surface area contributed by atoms with Crippen LogP contribution in [0.15, 0.2) is 65.0 Å². The first-order chi connectivity index (χ1) is 18.7. The van der Waals surface area contributed by atoms with E-state index in [4.69, 9.17) is 17.8 Å². The first kappa shape index (κ1) is 15.9. The average Bonchev–Trinajstić information content (AvgIpc) is 3.26. The molecule has 3 heteroatoms. The molecule has 0 saturated carbocycles. The van der Waals surface area contributed by atoms with Gasteiger partial charge in [0, 0.05) is 40.8 Å². The van der Waals surface area contributed by atoms with E-state index in [0.29, 0.717) is 39.4 Å². The van der Waals surface area contributed by atoms with Crippen LogP contribution in [-0.4, -0.2) is 0 Å². The van der Waals surface area contributed by atoms with E-state index in [1.54, 1.807) is 24.6 Å². The number of hydrogen-bond acceptors (Lipinski definition) is 1. The summed E-state index contributed by atoms with van der Waals surface area (Å²) in [6, 6.07) is 15.1. The Balaban J connectivity index is 1.93. The molecule has 2 aromatic heterocycles. The Morgan fingerprint density at radius 3 is 2.32 bits per heavy atom. The highest BCUT2D eigenvalue weighted by atomic mass is 16.3. The predicted molar refractivity (Wildman–Crippen MR) is 140 cm³/mol. The van der Waals surface area contributed by atoms with Crippen LogP contribution in [0.1, 0.15) is 50.3 Å². The molecule has 0 radical (unpaired) electrons. The van der Waals surface area contributed by atoms with Crippen LogP contribution < -0.4 is 4.57 Å². The van der Waals surface area contributed by atoms with Gasteiger partial charge in [-0.05, 0) is 36.4 Å². The third-order valence-electron chi connectivity index (χ3n) is 6.46. The molecule has 0 aliphatic carbocycles. The van der Waals surface area contributed by atoms with Crippen molar-refractivity contribution in [2.45, 2.75) is 40.4 Å². The van der Waals surface area contributed by atoms with E-state index in [1.165, 1.54) is 6.92 Å². The molecule has 1 atom stereocenters. The van der Waals surface area contributed by atoms with Gasteiger partial charge in [0.25, 0.3) is 0 Å². The lowest BCUT2D eigenvalue weighted by molar-refractivity contribution is -0.666. The maximum Gasteiger partial charge on any atom is 0.216 e. The second-order valence-electron chi connectivity index (χ2n) is 8.79. The largest absolute Gasteiger partial charge is 0.456 e. The third-order valence-corrected chi connectivity index (χ3v) is 6.46.